The second-order valence-electron chi connectivity index (χ2n) is 5.27. The third-order valence-electron chi connectivity index (χ3n) is 2.56. The molecular formula is C14H26. The summed E-state index contributed by atoms with van der Waals surface area (Å²) in [6.45, 7) is 13.5. The molecular weight excluding hydrogens is 168 g/mol. The molecule has 0 aromatic rings. The van der Waals surface area contributed by atoms with Gasteiger partial charge in [0, 0.05) is 0 Å². The van der Waals surface area contributed by atoms with E-state index in [0.717, 1.165) is 6.42 Å². The van der Waals surface area contributed by atoms with Gasteiger partial charge in [-0.2, -0.15) is 0 Å². The van der Waals surface area contributed by atoms with Crippen LogP contribution in [0.15, 0.2) is 23.8 Å². The number of rotatable bonds is 4. The lowest BCUT2D eigenvalue weighted by Crippen LogP contribution is -2.02. The van der Waals surface area contributed by atoms with Crippen LogP contribution in [-0.4, -0.2) is 0 Å². The van der Waals surface area contributed by atoms with Crippen LogP contribution in [0, 0.1) is 11.3 Å². The highest BCUT2D eigenvalue weighted by atomic mass is 14.1. The monoisotopic (exact) mass is 194 g/mol. The van der Waals surface area contributed by atoms with Crippen molar-refractivity contribution < 1.29 is 0 Å². The molecule has 0 fully saturated rings. The molecule has 0 amide bonds. The van der Waals surface area contributed by atoms with Crippen molar-refractivity contribution in [2.75, 3.05) is 0 Å². The summed E-state index contributed by atoms with van der Waals surface area (Å²) in [7, 11) is 0. The van der Waals surface area contributed by atoms with E-state index in [1.54, 1.807) is 0 Å². The van der Waals surface area contributed by atoms with E-state index in [2.05, 4.69) is 59.8 Å². The van der Waals surface area contributed by atoms with Crippen LogP contribution in [0.4, 0.5) is 0 Å². The molecule has 0 saturated heterocycles. The molecule has 82 valence electrons. The molecule has 0 N–H and O–H groups in total. The minimum absolute atomic E-state index is 0.408. The van der Waals surface area contributed by atoms with E-state index in [1.807, 2.05) is 0 Å². The van der Waals surface area contributed by atoms with Crippen molar-refractivity contribution in [1.29, 1.82) is 0 Å². The van der Waals surface area contributed by atoms with Crippen LogP contribution >= 0.6 is 0 Å². The largest absolute Gasteiger partial charge is 0.0842 e. The van der Waals surface area contributed by atoms with Crippen molar-refractivity contribution in [3.63, 3.8) is 0 Å². The summed E-state index contributed by atoms with van der Waals surface area (Å²) in [6.07, 6.45) is 9.20. The van der Waals surface area contributed by atoms with Crippen molar-refractivity contribution in [3.05, 3.63) is 23.8 Å². The lowest BCUT2D eigenvalue weighted by molar-refractivity contribution is 0.420. The smallest absolute Gasteiger partial charge is 0.0196 e. The van der Waals surface area contributed by atoms with E-state index in [0.29, 0.717) is 11.3 Å². The SMILES string of the molecule is CC=C(C=CCC(C)(C)C)C(C)CC. The van der Waals surface area contributed by atoms with Crippen LogP contribution in [0.1, 0.15) is 54.4 Å². The Morgan fingerprint density at radius 2 is 1.86 bits per heavy atom. The second kappa shape index (κ2) is 6.06. The van der Waals surface area contributed by atoms with Gasteiger partial charge in [-0.1, -0.05) is 52.8 Å². The van der Waals surface area contributed by atoms with Crippen molar-refractivity contribution in [3.8, 4) is 0 Å². The molecule has 0 bridgehead atoms. The van der Waals surface area contributed by atoms with E-state index in [-0.39, 0.29) is 0 Å². The average molecular weight is 194 g/mol. The molecule has 1 unspecified atom stereocenters. The summed E-state index contributed by atoms with van der Waals surface area (Å²) in [6, 6.07) is 0. The second-order valence-corrected chi connectivity index (χ2v) is 5.27. The summed E-state index contributed by atoms with van der Waals surface area (Å²) in [4.78, 5) is 0. The van der Waals surface area contributed by atoms with Gasteiger partial charge in [-0.15, -0.1) is 0 Å². The Labute approximate surface area is 90.1 Å². The van der Waals surface area contributed by atoms with Gasteiger partial charge < -0.3 is 0 Å². The Kier molecular flexibility index (Phi) is 5.83. The van der Waals surface area contributed by atoms with Gasteiger partial charge in [-0.05, 0) is 36.7 Å². The highest BCUT2D eigenvalue weighted by Crippen LogP contribution is 2.21. The van der Waals surface area contributed by atoms with Gasteiger partial charge >= 0.3 is 0 Å². The number of allylic oxidation sites excluding steroid dienone is 4. The molecule has 1 atom stereocenters. The molecule has 0 saturated carbocycles. The predicted molar refractivity (Wildman–Crippen MR) is 66.4 cm³/mol. The predicted octanol–water partition coefficient (Wildman–Crippen LogP) is 4.97. The fraction of sp³-hybridized carbons (Fsp3) is 0.714. The summed E-state index contributed by atoms with van der Waals surface area (Å²) < 4.78 is 0. The summed E-state index contributed by atoms with van der Waals surface area (Å²) in [5.74, 6) is 0.691. The molecule has 0 aromatic heterocycles. The highest BCUT2D eigenvalue weighted by Gasteiger charge is 2.07. The first-order valence-electron chi connectivity index (χ1n) is 5.73. The first kappa shape index (κ1) is 13.5. The van der Waals surface area contributed by atoms with Crippen LogP contribution in [0.25, 0.3) is 0 Å². The van der Waals surface area contributed by atoms with Crippen LogP contribution in [-0.2, 0) is 0 Å². The summed E-state index contributed by atoms with van der Waals surface area (Å²) in [5, 5.41) is 0. The minimum atomic E-state index is 0.408. The van der Waals surface area contributed by atoms with E-state index < -0.39 is 0 Å². The molecule has 0 nitrogen and oxygen atoms in total. The summed E-state index contributed by atoms with van der Waals surface area (Å²) >= 11 is 0. The normalized spacial score (nSPS) is 16.3. The Balaban J connectivity index is 4.21. The lowest BCUT2D eigenvalue weighted by Gasteiger charge is -2.15. The zero-order valence-corrected chi connectivity index (χ0v) is 10.7. The maximum Gasteiger partial charge on any atom is -0.0196 e. The fourth-order valence-corrected chi connectivity index (χ4v) is 1.33. The van der Waals surface area contributed by atoms with Gasteiger partial charge in [0.15, 0.2) is 0 Å². The molecule has 14 heavy (non-hydrogen) atoms. The van der Waals surface area contributed by atoms with Crippen LogP contribution < -0.4 is 0 Å². The molecule has 0 aliphatic heterocycles. The van der Waals surface area contributed by atoms with Gasteiger partial charge in [0.2, 0.25) is 0 Å². The molecule has 0 rings (SSSR count). The third-order valence-corrected chi connectivity index (χ3v) is 2.56. The van der Waals surface area contributed by atoms with E-state index in [9.17, 15) is 0 Å². The van der Waals surface area contributed by atoms with Crippen molar-refractivity contribution >= 4 is 0 Å². The van der Waals surface area contributed by atoms with Gasteiger partial charge in [0.25, 0.3) is 0 Å². The van der Waals surface area contributed by atoms with Gasteiger partial charge in [0.1, 0.15) is 0 Å². The first-order chi connectivity index (χ1) is 6.40. The highest BCUT2D eigenvalue weighted by molar-refractivity contribution is 5.20. The van der Waals surface area contributed by atoms with Gasteiger partial charge in [0.05, 0.1) is 0 Å². The standard InChI is InChI=1S/C14H26/c1-7-12(3)13(8-2)10-9-11-14(4,5)6/h8-10,12H,7,11H2,1-6H3. The lowest BCUT2D eigenvalue weighted by atomic mass is 9.90. The van der Waals surface area contributed by atoms with E-state index in [1.165, 1.54) is 12.0 Å². The van der Waals surface area contributed by atoms with Crippen molar-refractivity contribution in [1.82, 2.24) is 0 Å². The Bertz CT molecular complexity index is 201. The fourth-order valence-electron chi connectivity index (χ4n) is 1.33. The molecule has 0 heteroatoms. The quantitative estimate of drug-likeness (QED) is 0.554. The molecule has 0 aromatic carbocycles. The Hall–Kier alpha value is -0.520. The van der Waals surface area contributed by atoms with E-state index >= 15 is 0 Å². The van der Waals surface area contributed by atoms with Crippen LogP contribution in [0.5, 0.6) is 0 Å². The maximum atomic E-state index is 2.31. The van der Waals surface area contributed by atoms with Crippen molar-refractivity contribution in [2.45, 2.75) is 54.4 Å². The minimum Gasteiger partial charge on any atom is -0.0842 e. The maximum absolute atomic E-state index is 2.31. The zero-order valence-electron chi connectivity index (χ0n) is 10.7. The summed E-state index contributed by atoms with van der Waals surface area (Å²) in [5.41, 5.74) is 1.88. The number of hydrogen-bond acceptors (Lipinski definition) is 0. The van der Waals surface area contributed by atoms with E-state index in [4.69, 9.17) is 0 Å². The van der Waals surface area contributed by atoms with Gasteiger partial charge in [-0.3, -0.25) is 0 Å². The Morgan fingerprint density at radius 1 is 1.29 bits per heavy atom. The molecule has 0 radical (unpaired) electrons. The molecule has 0 aliphatic rings. The average Bonchev–Trinajstić information content (AvgIpc) is 2.09. The molecule has 0 spiro atoms. The zero-order chi connectivity index (χ0) is 11.2. The number of hydrogen-bond donors (Lipinski definition) is 0. The molecule has 0 aliphatic carbocycles. The first-order valence-corrected chi connectivity index (χ1v) is 5.73. The van der Waals surface area contributed by atoms with Crippen LogP contribution in [0.3, 0.4) is 0 Å². The Morgan fingerprint density at radius 3 is 2.21 bits per heavy atom. The topological polar surface area (TPSA) is 0 Å². The molecule has 0 heterocycles. The van der Waals surface area contributed by atoms with Crippen molar-refractivity contribution in [2.24, 2.45) is 11.3 Å². The van der Waals surface area contributed by atoms with Gasteiger partial charge in [-0.25, -0.2) is 0 Å². The third kappa shape index (κ3) is 6.01. The van der Waals surface area contributed by atoms with Crippen LogP contribution in [0.2, 0.25) is 0 Å².